The van der Waals surface area contributed by atoms with Crippen LogP contribution in [0.1, 0.15) is 34.6 Å². The lowest BCUT2D eigenvalue weighted by Crippen LogP contribution is -2.25. The summed E-state index contributed by atoms with van der Waals surface area (Å²) in [5, 5.41) is 16.7. The van der Waals surface area contributed by atoms with Crippen LogP contribution in [0.3, 0.4) is 0 Å². The summed E-state index contributed by atoms with van der Waals surface area (Å²) < 4.78 is 0. The molecule has 0 amide bonds. The third-order valence-electron chi connectivity index (χ3n) is 1.76. The molecule has 5 nitrogen and oxygen atoms in total. The molecule has 5 heteroatoms. The molecule has 16 heavy (non-hydrogen) atoms. The summed E-state index contributed by atoms with van der Waals surface area (Å²) in [7, 11) is 0. The number of rotatable bonds is 4. The minimum absolute atomic E-state index is 0.146. The van der Waals surface area contributed by atoms with E-state index in [0.717, 1.165) is 0 Å². The van der Waals surface area contributed by atoms with E-state index in [-0.39, 0.29) is 23.4 Å². The SMILES string of the molecule is CC(=O)C(=O)C(C)C.CC(C)C(O)C(=O)O. The van der Waals surface area contributed by atoms with Gasteiger partial charge in [0.25, 0.3) is 0 Å². The summed E-state index contributed by atoms with van der Waals surface area (Å²) in [5.74, 6) is -2.13. The third-order valence-corrected chi connectivity index (χ3v) is 1.76. The zero-order valence-electron chi connectivity index (χ0n) is 10.4. The predicted octanol–water partition coefficient (Wildman–Crippen LogP) is 0.888. The molecule has 2 N–H and O–H groups in total. The molecule has 0 saturated heterocycles. The van der Waals surface area contributed by atoms with Gasteiger partial charge in [-0.3, -0.25) is 9.59 Å². The largest absolute Gasteiger partial charge is 0.479 e. The number of aliphatic hydroxyl groups excluding tert-OH is 1. The fraction of sp³-hybridized carbons (Fsp3) is 0.727. The minimum Gasteiger partial charge on any atom is -0.479 e. The Morgan fingerprint density at radius 2 is 1.38 bits per heavy atom. The summed E-state index contributed by atoms with van der Waals surface area (Å²) in [6, 6.07) is 0. The number of aliphatic carboxylic acids is 1. The molecule has 0 bridgehead atoms. The molecule has 0 aliphatic rings. The van der Waals surface area contributed by atoms with E-state index in [9.17, 15) is 14.4 Å². The number of hydrogen-bond acceptors (Lipinski definition) is 4. The standard InChI is InChI=1S/C6H10O2.C5H10O3/c1-4(2)6(8)5(3)7;1-3(2)4(6)5(7)8/h4H,1-3H3;3-4,6H,1-2H3,(H,7,8). The van der Waals surface area contributed by atoms with E-state index in [2.05, 4.69) is 0 Å². The highest BCUT2D eigenvalue weighted by Gasteiger charge is 2.16. The summed E-state index contributed by atoms with van der Waals surface area (Å²) >= 11 is 0. The van der Waals surface area contributed by atoms with Gasteiger partial charge in [0.1, 0.15) is 0 Å². The van der Waals surface area contributed by atoms with Crippen LogP contribution in [0, 0.1) is 11.8 Å². The van der Waals surface area contributed by atoms with Gasteiger partial charge in [-0.1, -0.05) is 27.7 Å². The third kappa shape index (κ3) is 8.11. The molecule has 0 aromatic carbocycles. The Morgan fingerprint density at radius 1 is 1.00 bits per heavy atom. The Morgan fingerprint density at radius 3 is 1.38 bits per heavy atom. The first-order valence-electron chi connectivity index (χ1n) is 5.06. The predicted molar refractivity (Wildman–Crippen MR) is 59.0 cm³/mol. The van der Waals surface area contributed by atoms with Gasteiger partial charge >= 0.3 is 5.97 Å². The molecule has 94 valence electrons. The van der Waals surface area contributed by atoms with Gasteiger partial charge in [0, 0.05) is 12.8 Å². The fourth-order valence-electron chi connectivity index (χ4n) is 0.692. The zero-order valence-corrected chi connectivity index (χ0v) is 10.4. The topological polar surface area (TPSA) is 91.7 Å². The van der Waals surface area contributed by atoms with Gasteiger partial charge < -0.3 is 10.2 Å². The monoisotopic (exact) mass is 232 g/mol. The molecule has 0 fully saturated rings. The summed E-state index contributed by atoms with van der Waals surface area (Å²) in [5.41, 5.74) is 0. The molecule has 0 aromatic heterocycles. The molecule has 0 saturated carbocycles. The van der Waals surface area contributed by atoms with E-state index in [1.807, 2.05) is 0 Å². The smallest absolute Gasteiger partial charge is 0.332 e. The van der Waals surface area contributed by atoms with Crippen LogP contribution in [-0.4, -0.2) is 33.9 Å². The van der Waals surface area contributed by atoms with Gasteiger partial charge in [0.15, 0.2) is 11.9 Å². The molecule has 0 spiro atoms. The van der Waals surface area contributed by atoms with Crippen LogP contribution in [0.4, 0.5) is 0 Å². The Bertz CT molecular complexity index is 255. The molecular weight excluding hydrogens is 212 g/mol. The summed E-state index contributed by atoms with van der Waals surface area (Å²) in [6.07, 6.45) is -1.21. The van der Waals surface area contributed by atoms with E-state index >= 15 is 0 Å². The van der Waals surface area contributed by atoms with Crippen molar-refractivity contribution in [1.82, 2.24) is 0 Å². The Labute approximate surface area is 95.5 Å². The van der Waals surface area contributed by atoms with Gasteiger partial charge in [0.05, 0.1) is 0 Å². The van der Waals surface area contributed by atoms with Crippen molar-refractivity contribution in [1.29, 1.82) is 0 Å². The lowest BCUT2D eigenvalue weighted by molar-refractivity contribution is -0.148. The maximum Gasteiger partial charge on any atom is 0.332 e. The van der Waals surface area contributed by atoms with Crippen LogP contribution in [0.5, 0.6) is 0 Å². The first-order valence-corrected chi connectivity index (χ1v) is 5.06. The van der Waals surface area contributed by atoms with Crippen LogP contribution >= 0.6 is 0 Å². The van der Waals surface area contributed by atoms with Gasteiger partial charge in [-0.05, 0) is 5.92 Å². The number of aliphatic hydroxyl groups is 1. The van der Waals surface area contributed by atoms with Crippen molar-refractivity contribution in [2.45, 2.75) is 40.7 Å². The second-order valence-electron chi connectivity index (χ2n) is 4.10. The Hall–Kier alpha value is -1.23. The molecule has 0 aromatic rings. The number of Topliss-reactive ketones (excluding diaryl/α,β-unsaturated/α-hetero) is 2. The van der Waals surface area contributed by atoms with Crippen LogP contribution in [0.15, 0.2) is 0 Å². The Balaban J connectivity index is 0. The molecule has 1 atom stereocenters. The number of carboxylic acids is 1. The molecule has 1 unspecified atom stereocenters. The highest BCUT2D eigenvalue weighted by Crippen LogP contribution is 1.99. The van der Waals surface area contributed by atoms with E-state index < -0.39 is 12.1 Å². The van der Waals surface area contributed by atoms with Gasteiger partial charge in [-0.2, -0.15) is 0 Å². The molecule has 0 aliphatic carbocycles. The Kier molecular flexibility index (Phi) is 8.57. The number of carbonyl (C=O) groups excluding carboxylic acids is 2. The average molecular weight is 232 g/mol. The van der Waals surface area contributed by atoms with Gasteiger partial charge in [-0.15, -0.1) is 0 Å². The average Bonchev–Trinajstić information content (AvgIpc) is 2.15. The second-order valence-corrected chi connectivity index (χ2v) is 4.10. The summed E-state index contributed by atoms with van der Waals surface area (Å²) in [6.45, 7) is 8.02. The van der Waals surface area contributed by atoms with Gasteiger partial charge in [-0.25, -0.2) is 4.79 Å². The maximum atomic E-state index is 10.5. The fourth-order valence-corrected chi connectivity index (χ4v) is 0.692. The van der Waals surface area contributed by atoms with E-state index in [0.29, 0.717) is 0 Å². The molecule has 0 heterocycles. The normalized spacial score (nSPS) is 11.8. The van der Waals surface area contributed by atoms with Crippen LogP contribution in [-0.2, 0) is 14.4 Å². The van der Waals surface area contributed by atoms with Crippen molar-refractivity contribution < 1.29 is 24.6 Å². The molecule has 0 radical (unpaired) electrons. The number of carbonyl (C=O) groups is 3. The van der Waals surface area contributed by atoms with Crippen LogP contribution in [0.25, 0.3) is 0 Å². The summed E-state index contributed by atoms with van der Waals surface area (Å²) in [4.78, 5) is 30.6. The van der Waals surface area contributed by atoms with E-state index in [4.69, 9.17) is 10.2 Å². The lowest BCUT2D eigenvalue weighted by atomic mass is 10.1. The van der Waals surface area contributed by atoms with Crippen LogP contribution in [0.2, 0.25) is 0 Å². The van der Waals surface area contributed by atoms with Crippen molar-refractivity contribution in [2.24, 2.45) is 11.8 Å². The molecule has 0 aliphatic heterocycles. The lowest BCUT2D eigenvalue weighted by Gasteiger charge is -2.06. The number of ketones is 2. The quantitative estimate of drug-likeness (QED) is 0.702. The first-order chi connectivity index (χ1) is 7.11. The highest BCUT2D eigenvalue weighted by molar-refractivity contribution is 6.36. The van der Waals surface area contributed by atoms with Crippen molar-refractivity contribution in [3.8, 4) is 0 Å². The maximum absolute atomic E-state index is 10.5. The van der Waals surface area contributed by atoms with Crippen LogP contribution < -0.4 is 0 Å². The van der Waals surface area contributed by atoms with Crippen molar-refractivity contribution in [3.63, 3.8) is 0 Å². The van der Waals surface area contributed by atoms with Crippen molar-refractivity contribution in [3.05, 3.63) is 0 Å². The first kappa shape index (κ1) is 17.2. The number of hydrogen-bond donors (Lipinski definition) is 2. The minimum atomic E-state index is -1.21. The van der Waals surface area contributed by atoms with Gasteiger partial charge in [0.2, 0.25) is 5.78 Å². The van der Waals surface area contributed by atoms with E-state index in [1.165, 1.54) is 6.92 Å². The van der Waals surface area contributed by atoms with Crippen molar-refractivity contribution in [2.75, 3.05) is 0 Å². The molecular formula is C11H20O5. The van der Waals surface area contributed by atoms with Crippen molar-refractivity contribution >= 4 is 17.5 Å². The molecule has 0 rings (SSSR count). The van der Waals surface area contributed by atoms with E-state index in [1.54, 1.807) is 27.7 Å². The zero-order chi connectivity index (χ0) is 13.5. The second kappa shape index (κ2) is 7.98. The number of carboxylic acid groups (broad SMARTS) is 1. The highest BCUT2D eigenvalue weighted by atomic mass is 16.4.